The highest BCUT2D eigenvalue weighted by molar-refractivity contribution is 5.96. The highest BCUT2D eigenvalue weighted by Gasteiger charge is 2.80. The van der Waals surface area contributed by atoms with Gasteiger partial charge in [-0.3, -0.25) is 19.2 Å². The molecule has 330 valence electrons. The lowest BCUT2D eigenvalue weighted by atomic mass is 9.44. The summed E-state index contributed by atoms with van der Waals surface area (Å²) in [5, 5.41) is 39.9. The summed E-state index contributed by atoms with van der Waals surface area (Å²) in [6.45, 7) is 12.1. The van der Waals surface area contributed by atoms with Gasteiger partial charge in [0.05, 0.1) is 29.5 Å². The number of aliphatic hydroxyl groups is 3. The highest BCUT2D eigenvalue weighted by Crippen LogP contribution is 2.65. The average Bonchev–Trinajstić information content (AvgIpc) is 3.18. The number of ether oxygens (including phenoxy) is 5. The Labute approximate surface area is 352 Å². The van der Waals surface area contributed by atoms with Crippen LogP contribution in [-0.4, -0.2) is 111 Å². The SMILES string of the molecule is CC(=O)O[C@H]1C(=O)[C@@]2(C)[C@H]([C@H](OC(=O)c3ccccc3)[C@]3(O)C[C@H](OC(=O)[C@H](O)[C@@H](NC(=O)C(C)(C)C)c4ccccc4)C(C)=C1C3(C)C)[C@]1(OC(C)=O)CO[C@@H]1[C@@H](F)[C@@H]2O. The molecule has 12 atom stereocenters. The van der Waals surface area contributed by atoms with Crippen LogP contribution in [0.3, 0.4) is 0 Å². The zero-order valence-corrected chi connectivity index (χ0v) is 35.6. The van der Waals surface area contributed by atoms with Crippen LogP contribution in [0.2, 0.25) is 0 Å². The number of nitrogens with one attached hydrogen (secondary N) is 1. The van der Waals surface area contributed by atoms with Crippen molar-refractivity contribution < 1.29 is 72.2 Å². The van der Waals surface area contributed by atoms with Crippen molar-refractivity contribution in [3.05, 3.63) is 82.9 Å². The first-order chi connectivity index (χ1) is 28.3. The number of alkyl halides is 1. The number of ketones is 1. The highest BCUT2D eigenvalue weighted by atomic mass is 19.1. The molecule has 0 radical (unpaired) electrons. The molecule has 61 heavy (non-hydrogen) atoms. The fraction of sp³-hybridized carbons (Fsp3) is 0.556. The van der Waals surface area contributed by atoms with Gasteiger partial charge in [-0.1, -0.05) is 83.1 Å². The van der Waals surface area contributed by atoms with Crippen LogP contribution in [0.1, 0.15) is 90.7 Å². The summed E-state index contributed by atoms with van der Waals surface area (Å²) in [4.78, 5) is 83.0. The molecule has 1 amide bonds. The molecule has 2 bridgehead atoms. The van der Waals surface area contributed by atoms with Crippen LogP contribution in [0, 0.1) is 22.2 Å². The molecule has 0 unspecified atom stereocenters. The maximum absolute atomic E-state index is 16.5. The van der Waals surface area contributed by atoms with Gasteiger partial charge in [0.1, 0.15) is 30.0 Å². The van der Waals surface area contributed by atoms with Crippen LogP contribution < -0.4 is 5.32 Å². The molecule has 6 rings (SSSR count). The van der Waals surface area contributed by atoms with E-state index in [2.05, 4.69) is 5.32 Å². The van der Waals surface area contributed by atoms with Crippen molar-refractivity contribution in [3.63, 3.8) is 0 Å². The Morgan fingerprint density at radius 2 is 1.51 bits per heavy atom. The second kappa shape index (κ2) is 16.0. The molecule has 16 heteroatoms. The minimum atomic E-state index is -2.51. The molecule has 3 aliphatic carbocycles. The average molecular weight is 852 g/mol. The molecule has 2 aromatic rings. The minimum Gasteiger partial charge on any atom is -0.456 e. The molecule has 2 aromatic carbocycles. The number of benzene rings is 2. The van der Waals surface area contributed by atoms with Crippen LogP contribution in [0.4, 0.5) is 4.39 Å². The Bertz CT molecular complexity index is 2120. The number of aliphatic hydroxyl groups excluding tert-OH is 2. The number of amides is 1. The van der Waals surface area contributed by atoms with E-state index >= 15 is 9.18 Å². The largest absolute Gasteiger partial charge is 0.456 e. The molecule has 1 saturated heterocycles. The second-order valence-corrected chi connectivity index (χ2v) is 18.3. The van der Waals surface area contributed by atoms with Gasteiger partial charge in [-0.2, -0.15) is 0 Å². The van der Waals surface area contributed by atoms with Crippen molar-refractivity contribution in [2.24, 2.45) is 22.2 Å². The summed E-state index contributed by atoms with van der Waals surface area (Å²) < 4.78 is 46.1. The number of fused-ring (bicyclic) bond motifs is 5. The summed E-state index contributed by atoms with van der Waals surface area (Å²) in [6.07, 6.45) is -14.6. The first kappa shape index (κ1) is 45.5. The van der Waals surface area contributed by atoms with Gasteiger partial charge in [0.15, 0.2) is 29.8 Å². The van der Waals surface area contributed by atoms with Gasteiger partial charge in [0.2, 0.25) is 5.91 Å². The van der Waals surface area contributed by atoms with E-state index in [0.717, 1.165) is 13.8 Å². The number of carbonyl (C=O) groups excluding carboxylic acids is 6. The van der Waals surface area contributed by atoms with E-state index < -0.39 is 131 Å². The van der Waals surface area contributed by atoms with Crippen molar-refractivity contribution in [1.82, 2.24) is 5.32 Å². The van der Waals surface area contributed by atoms with E-state index in [9.17, 15) is 39.3 Å². The predicted octanol–water partition coefficient (Wildman–Crippen LogP) is 3.42. The van der Waals surface area contributed by atoms with E-state index in [0.29, 0.717) is 5.56 Å². The van der Waals surface area contributed by atoms with E-state index in [-0.39, 0.29) is 16.7 Å². The summed E-state index contributed by atoms with van der Waals surface area (Å²) in [6, 6.07) is 14.5. The van der Waals surface area contributed by atoms with Crippen molar-refractivity contribution in [2.75, 3.05) is 6.61 Å². The molecule has 1 heterocycles. The Morgan fingerprint density at radius 1 is 0.918 bits per heavy atom. The van der Waals surface area contributed by atoms with Gasteiger partial charge in [-0.25, -0.2) is 14.0 Å². The van der Waals surface area contributed by atoms with Crippen molar-refractivity contribution in [2.45, 2.75) is 129 Å². The van der Waals surface area contributed by atoms with Crippen molar-refractivity contribution in [1.29, 1.82) is 0 Å². The third-order valence-corrected chi connectivity index (χ3v) is 13.1. The van der Waals surface area contributed by atoms with Crippen LogP contribution in [-0.2, 0) is 47.7 Å². The molecular formula is C45H54FNO14. The van der Waals surface area contributed by atoms with Crippen LogP contribution in [0.5, 0.6) is 0 Å². The zero-order valence-electron chi connectivity index (χ0n) is 35.6. The van der Waals surface area contributed by atoms with Crippen LogP contribution in [0.25, 0.3) is 0 Å². The van der Waals surface area contributed by atoms with Crippen LogP contribution >= 0.6 is 0 Å². The van der Waals surface area contributed by atoms with Crippen molar-refractivity contribution in [3.8, 4) is 0 Å². The topological polar surface area (TPSA) is 221 Å². The van der Waals surface area contributed by atoms with Gasteiger partial charge in [-0.05, 0) is 42.7 Å². The predicted molar refractivity (Wildman–Crippen MR) is 212 cm³/mol. The van der Waals surface area contributed by atoms with E-state index in [1.807, 2.05) is 0 Å². The maximum Gasteiger partial charge on any atom is 0.338 e. The summed E-state index contributed by atoms with van der Waals surface area (Å²) in [7, 11) is 0. The maximum atomic E-state index is 16.5. The second-order valence-electron chi connectivity index (χ2n) is 18.3. The van der Waals surface area contributed by atoms with E-state index in [4.69, 9.17) is 23.7 Å². The molecule has 0 spiro atoms. The van der Waals surface area contributed by atoms with Crippen molar-refractivity contribution >= 4 is 35.6 Å². The summed E-state index contributed by atoms with van der Waals surface area (Å²) >= 11 is 0. The zero-order chi connectivity index (χ0) is 45.2. The number of rotatable bonds is 9. The smallest absolute Gasteiger partial charge is 0.338 e. The monoisotopic (exact) mass is 851 g/mol. The van der Waals surface area contributed by atoms with Gasteiger partial charge >= 0.3 is 23.9 Å². The third kappa shape index (κ3) is 7.44. The molecule has 0 aromatic heterocycles. The molecule has 2 saturated carbocycles. The summed E-state index contributed by atoms with van der Waals surface area (Å²) in [5.41, 5.74) is -9.50. The third-order valence-electron chi connectivity index (χ3n) is 13.1. The van der Waals surface area contributed by atoms with Crippen LogP contribution in [0.15, 0.2) is 71.8 Å². The number of esters is 4. The lowest BCUT2D eigenvalue weighted by molar-refractivity contribution is -0.361. The van der Waals surface area contributed by atoms with E-state index in [1.165, 1.54) is 39.8 Å². The molecule has 4 aliphatic rings. The number of Topliss-reactive ketones (excluding diaryl/α,β-unsaturated/α-hetero) is 1. The molecular weight excluding hydrogens is 797 g/mol. The lowest BCUT2D eigenvalue weighted by Crippen LogP contribution is -2.84. The number of hydrogen-bond acceptors (Lipinski definition) is 14. The Kier molecular flexibility index (Phi) is 11.9. The van der Waals surface area contributed by atoms with Gasteiger partial charge < -0.3 is 44.3 Å². The van der Waals surface area contributed by atoms with Gasteiger partial charge in [0, 0.05) is 31.1 Å². The van der Waals surface area contributed by atoms with Gasteiger partial charge in [0.25, 0.3) is 0 Å². The fourth-order valence-corrected chi connectivity index (χ4v) is 9.77. The summed E-state index contributed by atoms with van der Waals surface area (Å²) in [5.74, 6) is -7.61. The first-order valence-electron chi connectivity index (χ1n) is 20.1. The lowest BCUT2D eigenvalue weighted by Gasteiger charge is -2.67. The number of hydrogen-bond donors (Lipinski definition) is 4. The Balaban J connectivity index is 1.57. The minimum absolute atomic E-state index is 0.00225. The molecule has 3 fully saturated rings. The van der Waals surface area contributed by atoms with E-state index in [1.54, 1.807) is 69.3 Å². The quantitative estimate of drug-likeness (QED) is 0.161. The molecule has 15 nitrogen and oxygen atoms in total. The first-order valence-corrected chi connectivity index (χ1v) is 20.1. The Morgan fingerprint density at radius 3 is 2.03 bits per heavy atom. The number of halogens is 1. The molecule has 1 aliphatic heterocycles. The standard InChI is InChI=1S/C45H54FNO14/c1-22-27(59-39(54)31(50)30(25-16-12-10-13-17-25)47-40(55)41(4,5)6)20-45(56)37(60-38(53)26-18-14-11-15-19-26)33-43(9,35(52)32(58-23(2)48)28(22)42(45,7)8)34(51)29(46)36-44(33,21-57-36)61-24(3)49/h10-19,27,29-34,36-37,50-51,56H,20-21H2,1-9H3,(H,47,55)/t27-,29-,30-,31+,32+,33-,34-,36+,37-,43-,44+,45+/m0/s1. The fourth-order valence-electron chi connectivity index (χ4n) is 9.77. The molecule has 4 N–H and O–H groups in total. The normalized spacial score (nSPS) is 33.8. The van der Waals surface area contributed by atoms with Gasteiger partial charge in [-0.15, -0.1) is 0 Å². The number of carbonyl (C=O) groups is 6. The Hall–Kier alpha value is -5.03.